The average Bonchev–Trinajstić information content (AvgIpc) is 3.48. The highest BCUT2D eigenvalue weighted by Crippen LogP contribution is 2.31. The van der Waals surface area contributed by atoms with Crippen LogP contribution in [0.3, 0.4) is 0 Å². The molecule has 2 aliphatic heterocycles. The van der Waals surface area contributed by atoms with Crippen molar-refractivity contribution in [1.82, 2.24) is 24.4 Å². The topological polar surface area (TPSA) is 119 Å². The van der Waals surface area contributed by atoms with Gasteiger partial charge >= 0.3 is 0 Å². The van der Waals surface area contributed by atoms with Crippen LogP contribution in [0.1, 0.15) is 17.2 Å². The van der Waals surface area contributed by atoms with Crippen molar-refractivity contribution in [2.75, 3.05) is 70.5 Å². The predicted octanol–water partition coefficient (Wildman–Crippen LogP) is 2.36. The number of nitriles is 1. The Morgan fingerprint density at radius 3 is 2.55 bits per heavy atom. The van der Waals surface area contributed by atoms with E-state index in [0.29, 0.717) is 55.2 Å². The van der Waals surface area contributed by atoms with E-state index in [-0.39, 0.29) is 5.91 Å². The Balaban J connectivity index is 1.14. The van der Waals surface area contributed by atoms with Crippen LogP contribution in [0.2, 0.25) is 0 Å². The maximum atomic E-state index is 12.8. The summed E-state index contributed by atoms with van der Waals surface area (Å²) in [6, 6.07) is 17.1. The van der Waals surface area contributed by atoms with Crippen molar-refractivity contribution < 1.29 is 19.4 Å². The molecule has 1 aromatic carbocycles. The SMILES string of the molecule is N#Cc1cnn2cc(OCCN3CCOCC3)cc(-c3ccc(N4CCN(C(=O)C(O)c5ccccc5)CC4)nc3)c12. The normalized spacial score (nSPS) is 16.8. The molecular formula is C31H33N7O4. The molecule has 1 amide bonds. The Kier molecular flexibility index (Phi) is 8.28. The number of carbonyl (C=O) groups excluding carboxylic acids is 1. The molecule has 1 atom stereocenters. The maximum absolute atomic E-state index is 12.8. The van der Waals surface area contributed by atoms with E-state index in [1.807, 2.05) is 36.4 Å². The molecule has 5 heterocycles. The number of hydrogen-bond donors (Lipinski definition) is 1. The molecule has 1 N–H and O–H groups in total. The number of aromatic nitrogens is 3. The Morgan fingerprint density at radius 1 is 1.05 bits per heavy atom. The number of hydrogen-bond acceptors (Lipinski definition) is 9. The van der Waals surface area contributed by atoms with Crippen molar-refractivity contribution >= 4 is 17.2 Å². The van der Waals surface area contributed by atoms with Gasteiger partial charge in [-0.2, -0.15) is 10.4 Å². The summed E-state index contributed by atoms with van der Waals surface area (Å²) < 4.78 is 13.2. The minimum Gasteiger partial charge on any atom is -0.491 e. The summed E-state index contributed by atoms with van der Waals surface area (Å²) in [6.07, 6.45) is 4.00. The first-order chi connectivity index (χ1) is 20.6. The predicted molar refractivity (Wildman–Crippen MR) is 156 cm³/mol. The van der Waals surface area contributed by atoms with Gasteiger partial charge in [0.15, 0.2) is 6.10 Å². The van der Waals surface area contributed by atoms with Gasteiger partial charge in [-0.3, -0.25) is 9.69 Å². The van der Waals surface area contributed by atoms with Crippen LogP contribution < -0.4 is 9.64 Å². The van der Waals surface area contributed by atoms with E-state index in [4.69, 9.17) is 14.5 Å². The summed E-state index contributed by atoms with van der Waals surface area (Å²) in [5.41, 5.74) is 3.45. The number of carbonyl (C=O) groups is 1. The lowest BCUT2D eigenvalue weighted by atomic mass is 10.1. The molecule has 216 valence electrons. The van der Waals surface area contributed by atoms with Crippen molar-refractivity contribution in [3.05, 3.63) is 78.2 Å². The summed E-state index contributed by atoms with van der Waals surface area (Å²) in [6.45, 7) is 6.84. The van der Waals surface area contributed by atoms with Crippen molar-refractivity contribution in [1.29, 1.82) is 5.26 Å². The van der Waals surface area contributed by atoms with Crippen LogP contribution in [0.4, 0.5) is 5.82 Å². The second-order valence-corrected chi connectivity index (χ2v) is 10.4. The van der Waals surface area contributed by atoms with Gasteiger partial charge in [-0.25, -0.2) is 9.50 Å². The second-order valence-electron chi connectivity index (χ2n) is 10.4. The second kappa shape index (κ2) is 12.6. The van der Waals surface area contributed by atoms with Gasteiger partial charge in [0.25, 0.3) is 5.91 Å². The number of rotatable bonds is 8. The third kappa shape index (κ3) is 5.92. The molecular weight excluding hydrogens is 534 g/mol. The third-order valence-electron chi connectivity index (χ3n) is 7.81. The van der Waals surface area contributed by atoms with E-state index in [2.05, 4.69) is 21.0 Å². The molecule has 0 saturated carbocycles. The van der Waals surface area contributed by atoms with Gasteiger partial charge in [0, 0.05) is 63.1 Å². The largest absolute Gasteiger partial charge is 0.491 e. The molecule has 0 spiro atoms. The zero-order chi connectivity index (χ0) is 28.9. The van der Waals surface area contributed by atoms with Gasteiger partial charge in [-0.05, 0) is 23.8 Å². The highest BCUT2D eigenvalue weighted by molar-refractivity contribution is 5.85. The molecule has 0 bridgehead atoms. The van der Waals surface area contributed by atoms with E-state index >= 15 is 0 Å². The molecule has 3 aromatic heterocycles. The fraction of sp³-hybridized carbons (Fsp3) is 0.355. The molecule has 11 nitrogen and oxygen atoms in total. The number of pyridine rings is 2. The van der Waals surface area contributed by atoms with Gasteiger partial charge in [-0.1, -0.05) is 30.3 Å². The molecule has 0 radical (unpaired) electrons. The quantitative estimate of drug-likeness (QED) is 0.342. The lowest BCUT2D eigenvalue weighted by Gasteiger charge is -2.36. The minimum atomic E-state index is -1.16. The Bertz CT molecular complexity index is 1550. The molecule has 2 aliphatic rings. The summed E-state index contributed by atoms with van der Waals surface area (Å²) >= 11 is 0. The first kappa shape index (κ1) is 27.7. The van der Waals surface area contributed by atoms with Gasteiger partial charge in [-0.15, -0.1) is 0 Å². The maximum Gasteiger partial charge on any atom is 0.256 e. The van der Waals surface area contributed by atoms with E-state index in [1.165, 1.54) is 0 Å². The van der Waals surface area contributed by atoms with Crippen molar-refractivity contribution in [2.45, 2.75) is 6.10 Å². The number of ether oxygens (including phenoxy) is 2. The monoisotopic (exact) mass is 567 g/mol. The van der Waals surface area contributed by atoms with Crippen LogP contribution in [0.25, 0.3) is 16.6 Å². The van der Waals surface area contributed by atoms with Crippen LogP contribution in [-0.4, -0.2) is 101 Å². The Labute approximate surface area is 244 Å². The number of benzene rings is 1. The number of nitrogens with zero attached hydrogens (tertiary/aromatic N) is 7. The number of anilines is 1. The zero-order valence-electron chi connectivity index (χ0n) is 23.3. The number of aliphatic hydroxyl groups is 1. The minimum absolute atomic E-state index is 0.283. The first-order valence-electron chi connectivity index (χ1n) is 14.2. The number of fused-ring (bicyclic) bond motifs is 1. The molecule has 4 aromatic rings. The van der Waals surface area contributed by atoms with E-state index in [9.17, 15) is 15.2 Å². The highest BCUT2D eigenvalue weighted by Gasteiger charge is 2.27. The Hall–Kier alpha value is -4.50. The lowest BCUT2D eigenvalue weighted by molar-refractivity contribution is -0.140. The summed E-state index contributed by atoms with van der Waals surface area (Å²) in [4.78, 5) is 23.7. The van der Waals surface area contributed by atoms with Gasteiger partial charge in [0.05, 0.1) is 36.7 Å². The van der Waals surface area contributed by atoms with Gasteiger partial charge < -0.3 is 24.4 Å². The van der Waals surface area contributed by atoms with E-state index in [1.54, 1.807) is 40.1 Å². The Morgan fingerprint density at radius 2 is 1.83 bits per heavy atom. The van der Waals surface area contributed by atoms with Gasteiger partial charge in [0.1, 0.15) is 24.2 Å². The van der Waals surface area contributed by atoms with E-state index in [0.717, 1.165) is 49.8 Å². The van der Waals surface area contributed by atoms with E-state index < -0.39 is 6.10 Å². The molecule has 2 saturated heterocycles. The molecule has 2 fully saturated rings. The average molecular weight is 568 g/mol. The molecule has 11 heteroatoms. The summed E-state index contributed by atoms with van der Waals surface area (Å²) in [7, 11) is 0. The van der Waals surface area contributed by atoms with Crippen LogP contribution >= 0.6 is 0 Å². The number of morpholine rings is 1. The van der Waals surface area contributed by atoms with Crippen LogP contribution in [0.15, 0.2) is 67.1 Å². The smallest absolute Gasteiger partial charge is 0.256 e. The first-order valence-corrected chi connectivity index (χ1v) is 14.2. The number of amides is 1. The van der Waals surface area contributed by atoms with Crippen LogP contribution in [0, 0.1) is 11.3 Å². The van der Waals surface area contributed by atoms with Crippen LogP contribution in [-0.2, 0) is 9.53 Å². The summed E-state index contributed by atoms with van der Waals surface area (Å²) in [5.74, 6) is 1.19. The molecule has 1 unspecified atom stereocenters. The van der Waals surface area contributed by atoms with Crippen molar-refractivity contribution in [2.24, 2.45) is 0 Å². The molecule has 42 heavy (non-hydrogen) atoms. The standard InChI is InChI=1S/C31H33N7O4/c32-19-25-21-34-38-22-26(42-17-14-35-12-15-41-16-13-35)18-27(29(25)38)24-6-7-28(33-20-24)36-8-10-37(11-9-36)31(40)30(39)23-4-2-1-3-5-23/h1-7,18,20-22,30,39H,8-17H2. The third-order valence-corrected chi connectivity index (χ3v) is 7.81. The zero-order valence-corrected chi connectivity index (χ0v) is 23.3. The fourth-order valence-corrected chi connectivity index (χ4v) is 5.43. The molecule has 0 aliphatic carbocycles. The lowest BCUT2D eigenvalue weighted by Crippen LogP contribution is -2.50. The highest BCUT2D eigenvalue weighted by atomic mass is 16.5. The van der Waals surface area contributed by atoms with Gasteiger partial charge in [0.2, 0.25) is 0 Å². The van der Waals surface area contributed by atoms with Crippen molar-refractivity contribution in [3.63, 3.8) is 0 Å². The van der Waals surface area contributed by atoms with Crippen LogP contribution in [0.5, 0.6) is 5.75 Å². The van der Waals surface area contributed by atoms with Crippen molar-refractivity contribution in [3.8, 4) is 22.9 Å². The fourth-order valence-electron chi connectivity index (χ4n) is 5.43. The number of aliphatic hydroxyl groups excluding tert-OH is 1. The summed E-state index contributed by atoms with van der Waals surface area (Å²) in [5, 5.41) is 24.6. The molecule has 6 rings (SSSR count). The number of piperazine rings is 1.